The maximum atomic E-state index is 13.1. The number of carbonyl (C=O) groups is 1. The first-order valence-electron chi connectivity index (χ1n) is 9.23. The Morgan fingerprint density at radius 2 is 1.74 bits per heavy atom. The average Bonchev–Trinajstić information content (AvgIpc) is 2.74. The summed E-state index contributed by atoms with van der Waals surface area (Å²) in [7, 11) is -0.420. The number of carbonyl (C=O) groups excluding carboxylic acids is 1. The molecule has 2 aromatic rings. The molecule has 2 aromatic carbocycles. The van der Waals surface area contributed by atoms with Gasteiger partial charge in [-0.05, 0) is 18.2 Å². The zero-order valence-electron chi connectivity index (χ0n) is 16.8. The highest BCUT2D eigenvalue weighted by atomic mass is 35.5. The van der Waals surface area contributed by atoms with E-state index >= 15 is 0 Å². The van der Waals surface area contributed by atoms with E-state index in [2.05, 4.69) is 0 Å². The van der Waals surface area contributed by atoms with Crippen molar-refractivity contribution in [3.05, 3.63) is 62.1 Å². The van der Waals surface area contributed by atoms with Crippen LogP contribution in [0.3, 0.4) is 0 Å². The minimum atomic E-state index is -3.89. The molecule has 0 unspecified atom stereocenters. The third-order valence-corrected chi connectivity index (χ3v) is 7.83. The van der Waals surface area contributed by atoms with E-state index in [0.717, 1.165) is 0 Å². The number of benzene rings is 2. The van der Waals surface area contributed by atoms with Crippen LogP contribution in [0.2, 0.25) is 10.0 Å². The molecule has 1 aliphatic heterocycles. The molecule has 12 heteroatoms. The maximum absolute atomic E-state index is 13.1. The Kier molecular flexibility index (Phi) is 6.75. The van der Waals surface area contributed by atoms with Crippen LogP contribution < -0.4 is 4.90 Å². The van der Waals surface area contributed by atoms with Gasteiger partial charge < -0.3 is 9.80 Å². The summed E-state index contributed by atoms with van der Waals surface area (Å²) < 4.78 is 27.2. The molecule has 1 aliphatic rings. The first-order valence-corrected chi connectivity index (χ1v) is 11.4. The second kappa shape index (κ2) is 8.99. The summed E-state index contributed by atoms with van der Waals surface area (Å²) in [6, 6.07) is 8.49. The van der Waals surface area contributed by atoms with Gasteiger partial charge in [-0.3, -0.25) is 14.9 Å². The van der Waals surface area contributed by atoms with Gasteiger partial charge in [-0.1, -0.05) is 29.3 Å². The van der Waals surface area contributed by atoms with E-state index in [1.165, 1.54) is 45.6 Å². The molecule has 1 amide bonds. The minimum absolute atomic E-state index is 0.0464. The van der Waals surface area contributed by atoms with E-state index in [-0.39, 0.29) is 52.4 Å². The molecule has 0 aromatic heterocycles. The van der Waals surface area contributed by atoms with Gasteiger partial charge in [0.1, 0.15) is 4.90 Å². The van der Waals surface area contributed by atoms with Crippen LogP contribution in [0.15, 0.2) is 41.3 Å². The maximum Gasteiger partial charge on any atom is 0.270 e. The van der Waals surface area contributed by atoms with E-state index in [9.17, 15) is 23.3 Å². The second-order valence-electron chi connectivity index (χ2n) is 7.10. The molecule has 1 saturated heterocycles. The van der Waals surface area contributed by atoms with Crippen molar-refractivity contribution in [3.8, 4) is 0 Å². The Bertz CT molecular complexity index is 1130. The highest BCUT2D eigenvalue weighted by Crippen LogP contribution is 2.32. The van der Waals surface area contributed by atoms with Crippen molar-refractivity contribution in [3.63, 3.8) is 0 Å². The summed E-state index contributed by atoms with van der Waals surface area (Å²) in [6.45, 7) is 0.379. The zero-order chi connectivity index (χ0) is 22.9. The average molecular weight is 487 g/mol. The molecule has 0 radical (unpaired) electrons. The first kappa shape index (κ1) is 23.3. The standard InChI is InChI=1S/C19H20Cl2N4O5S/c1-22(2)16-7-6-13(25(27)28)12-14(16)19(26)23-8-10-24(11-9-23)31(29,30)17-5-3-4-15(20)18(17)21/h3-7,12H,8-11H2,1-2H3. The van der Waals surface area contributed by atoms with Gasteiger partial charge in [-0.25, -0.2) is 8.42 Å². The molecule has 3 rings (SSSR count). The summed E-state index contributed by atoms with van der Waals surface area (Å²) in [4.78, 5) is 26.8. The van der Waals surface area contributed by atoms with Crippen LogP contribution in [-0.2, 0) is 10.0 Å². The molecule has 0 spiro atoms. The molecule has 9 nitrogen and oxygen atoms in total. The summed E-state index contributed by atoms with van der Waals surface area (Å²) in [6.07, 6.45) is 0. The number of nitro benzene ring substituents is 1. The topological polar surface area (TPSA) is 104 Å². The molecule has 0 saturated carbocycles. The monoisotopic (exact) mass is 486 g/mol. The van der Waals surface area contributed by atoms with E-state index in [1.54, 1.807) is 19.0 Å². The van der Waals surface area contributed by atoms with E-state index < -0.39 is 20.9 Å². The molecular weight excluding hydrogens is 467 g/mol. The first-order chi connectivity index (χ1) is 14.5. The highest BCUT2D eigenvalue weighted by molar-refractivity contribution is 7.89. The van der Waals surface area contributed by atoms with Crippen LogP contribution in [0.25, 0.3) is 0 Å². The van der Waals surface area contributed by atoms with E-state index in [4.69, 9.17) is 23.2 Å². The number of non-ortho nitro benzene ring substituents is 1. The second-order valence-corrected chi connectivity index (χ2v) is 9.79. The van der Waals surface area contributed by atoms with Crippen LogP contribution in [-0.4, -0.2) is 68.7 Å². The minimum Gasteiger partial charge on any atom is -0.377 e. The smallest absolute Gasteiger partial charge is 0.270 e. The highest BCUT2D eigenvalue weighted by Gasteiger charge is 2.33. The van der Waals surface area contributed by atoms with Crippen molar-refractivity contribution in [2.45, 2.75) is 4.90 Å². The van der Waals surface area contributed by atoms with Crippen molar-refractivity contribution < 1.29 is 18.1 Å². The number of piperazine rings is 1. The van der Waals surface area contributed by atoms with Gasteiger partial charge in [0.2, 0.25) is 10.0 Å². The lowest BCUT2D eigenvalue weighted by molar-refractivity contribution is -0.384. The van der Waals surface area contributed by atoms with Crippen molar-refractivity contribution >= 4 is 50.5 Å². The third kappa shape index (κ3) is 4.62. The fourth-order valence-electron chi connectivity index (χ4n) is 3.32. The van der Waals surface area contributed by atoms with Gasteiger partial charge in [0.05, 0.1) is 20.5 Å². The molecule has 0 atom stereocenters. The largest absolute Gasteiger partial charge is 0.377 e. The molecule has 0 bridgehead atoms. The van der Waals surface area contributed by atoms with E-state index in [1.807, 2.05) is 0 Å². The number of hydrogen-bond donors (Lipinski definition) is 0. The number of rotatable bonds is 5. The van der Waals surface area contributed by atoms with Crippen LogP contribution in [0.4, 0.5) is 11.4 Å². The van der Waals surface area contributed by atoms with Crippen molar-refractivity contribution in [1.82, 2.24) is 9.21 Å². The lowest BCUT2D eigenvalue weighted by Crippen LogP contribution is -2.50. The molecule has 1 fully saturated rings. The molecule has 166 valence electrons. The fraction of sp³-hybridized carbons (Fsp3) is 0.316. The van der Waals surface area contributed by atoms with Gasteiger partial charge in [-0.15, -0.1) is 0 Å². The predicted octanol–water partition coefficient (Wildman–Crippen LogP) is 3.11. The zero-order valence-corrected chi connectivity index (χ0v) is 19.1. The quantitative estimate of drug-likeness (QED) is 0.474. The molecular formula is C19H20Cl2N4O5S. The molecule has 1 heterocycles. The van der Waals surface area contributed by atoms with Crippen LogP contribution in [0, 0.1) is 10.1 Å². The number of hydrogen-bond acceptors (Lipinski definition) is 6. The number of halogens is 2. The summed E-state index contributed by atoms with van der Waals surface area (Å²) >= 11 is 12.0. The Morgan fingerprint density at radius 1 is 1.10 bits per heavy atom. The van der Waals surface area contributed by atoms with Crippen LogP contribution >= 0.6 is 23.2 Å². The van der Waals surface area contributed by atoms with Crippen LogP contribution in [0.1, 0.15) is 10.4 Å². The van der Waals surface area contributed by atoms with Gasteiger partial charge in [0.15, 0.2) is 0 Å². The molecule has 31 heavy (non-hydrogen) atoms. The predicted molar refractivity (Wildman–Crippen MR) is 119 cm³/mol. The lowest BCUT2D eigenvalue weighted by Gasteiger charge is -2.34. The van der Waals surface area contributed by atoms with Gasteiger partial charge in [0, 0.05) is 58.1 Å². The van der Waals surface area contributed by atoms with E-state index in [0.29, 0.717) is 5.69 Å². The number of sulfonamides is 1. The van der Waals surface area contributed by atoms with Gasteiger partial charge in [-0.2, -0.15) is 4.31 Å². The van der Waals surface area contributed by atoms with Gasteiger partial charge >= 0.3 is 0 Å². The summed E-state index contributed by atoms with van der Waals surface area (Å²) in [5.74, 6) is -0.398. The third-order valence-electron chi connectivity index (χ3n) is 4.96. The van der Waals surface area contributed by atoms with Crippen molar-refractivity contribution in [2.24, 2.45) is 0 Å². The number of nitrogens with zero attached hydrogens (tertiary/aromatic N) is 4. The summed E-state index contributed by atoms with van der Waals surface area (Å²) in [5, 5.41) is 11.2. The number of nitro groups is 1. The normalized spacial score (nSPS) is 15.0. The Hall–Kier alpha value is -2.40. The fourth-order valence-corrected chi connectivity index (χ4v) is 5.48. The summed E-state index contributed by atoms with van der Waals surface area (Å²) in [5.41, 5.74) is 0.538. The van der Waals surface area contributed by atoms with Crippen LogP contribution in [0.5, 0.6) is 0 Å². The molecule has 0 N–H and O–H groups in total. The number of anilines is 1. The number of amides is 1. The van der Waals surface area contributed by atoms with Crippen molar-refractivity contribution in [1.29, 1.82) is 0 Å². The molecule has 0 aliphatic carbocycles. The SMILES string of the molecule is CN(C)c1ccc([N+](=O)[O-])cc1C(=O)N1CCN(S(=O)(=O)c2cccc(Cl)c2Cl)CC1. The van der Waals surface area contributed by atoms with Crippen molar-refractivity contribution in [2.75, 3.05) is 45.2 Å². The Balaban J connectivity index is 1.81. The Morgan fingerprint density at radius 3 is 2.32 bits per heavy atom. The van der Waals surface area contributed by atoms with Gasteiger partial charge in [0.25, 0.3) is 11.6 Å². The Labute approximate surface area is 189 Å². The lowest BCUT2D eigenvalue weighted by atomic mass is 10.1.